The molecular formula is C20H23F3N4O3. The number of β-amino-alcohol motifs (C(OH)–C–C–N with tert-alkyl or cyclic N) is 1. The molecule has 0 aromatic carbocycles. The molecule has 2 saturated heterocycles. The molecule has 162 valence electrons. The molecule has 1 aromatic heterocycles. The molecule has 2 aliphatic heterocycles. The number of aliphatic hydroxyl groups is 1. The summed E-state index contributed by atoms with van der Waals surface area (Å²) in [6.45, 7) is 4.93. The quantitative estimate of drug-likeness (QED) is 0.725. The number of piperidine rings is 1. The van der Waals surface area contributed by atoms with E-state index in [-0.39, 0.29) is 41.9 Å². The van der Waals surface area contributed by atoms with E-state index >= 15 is 0 Å². The van der Waals surface area contributed by atoms with Crippen molar-refractivity contribution in [2.24, 2.45) is 17.8 Å². The largest absolute Gasteiger partial charge is 0.466 e. The Bertz CT molecular complexity index is 889. The first-order valence-electron chi connectivity index (χ1n) is 10.0. The van der Waals surface area contributed by atoms with Crippen LogP contribution < -0.4 is 9.80 Å². The molecule has 30 heavy (non-hydrogen) atoms. The lowest BCUT2D eigenvalue weighted by Gasteiger charge is -2.45. The molecule has 3 aliphatic rings. The normalized spacial score (nSPS) is 29.8. The van der Waals surface area contributed by atoms with Crippen molar-refractivity contribution in [2.75, 3.05) is 36.0 Å². The smallest absolute Gasteiger partial charge is 0.417 e. The Labute approximate surface area is 172 Å². The molecule has 1 saturated carbocycles. The molecule has 1 aliphatic carbocycles. The third kappa shape index (κ3) is 3.45. The zero-order valence-corrected chi connectivity index (χ0v) is 16.7. The van der Waals surface area contributed by atoms with Crippen molar-refractivity contribution >= 4 is 17.6 Å². The second-order valence-electron chi connectivity index (χ2n) is 8.20. The van der Waals surface area contributed by atoms with Gasteiger partial charge >= 0.3 is 12.1 Å². The minimum Gasteiger partial charge on any atom is -0.466 e. The Hall–Kier alpha value is -2.54. The maximum Gasteiger partial charge on any atom is 0.417 e. The average Bonchev–Trinajstić information content (AvgIpc) is 3.12. The standard InChI is InChI=1S/C20H23F3N4O3/c1-3-30-18(29)4-11-13-7-26(8-14(11)13)17-5-15(20(21,22)23)12(6-24)19(25-17)27-9-16(28)10(27)2/h5,10-11,13-14,16,28H,3-4,7-9H2,1-2H3/t10-,11?,13-,14+,16+/m0/s1. The van der Waals surface area contributed by atoms with Crippen molar-refractivity contribution in [3.63, 3.8) is 0 Å². The fourth-order valence-electron chi connectivity index (χ4n) is 4.64. The molecular weight excluding hydrogens is 401 g/mol. The number of aromatic nitrogens is 1. The van der Waals surface area contributed by atoms with Gasteiger partial charge < -0.3 is 19.6 Å². The molecule has 0 radical (unpaired) electrons. The molecule has 7 nitrogen and oxygen atoms in total. The third-order valence-electron chi connectivity index (χ3n) is 6.51. The highest BCUT2D eigenvalue weighted by atomic mass is 19.4. The highest BCUT2D eigenvalue weighted by molar-refractivity contribution is 5.70. The van der Waals surface area contributed by atoms with Gasteiger partial charge in [-0.3, -0.25) is 4.79 Å². The number of carbonyl (C=O) groups excluding carboxylic acids is 1. The van der Waals surface area contributed by atoms with Crippen LogP contribution in [0.5, 0.6) is 0 Å². The lowest BCUT2D eigenvalue weighted by Crippen LogP contribution is -2.59. The number of ether oxygens (including phenoxy) is 1. The summed E-state index contributed by atoms with van der Waals surface area (Å²) in [7, 11) is 0. The minimum atomic E-state index is -4.70. The summed E-state index contributed by atoms with van der Waals surface area (Å²) in [6.07, 6.45) is -5.03. The second kappa shape index (κ2) is 7.30. The van der Waals surface area contributed by atoms with Crippen LogP contribution in [0.1, 0.15) is 31.4 Å². The number of aliphatic hydroxyl groups excluding tert-OH is 1. The van der Waals surface area contributed by atoms with Crippen LogP contribution in [0.3, 0.4) is 0 Å². The van der Waals surface area contributed by atoms with Gasteiger partial charge in [-0.05, 0) is 37.7 Å². The average molecular weight is 424 g/mol. The van der Waals surface area contributed by atoms with Gasteiger partial charge in [0.25, 0.3) is 0 Å². The molecule has 10 heteroatoms. The zero-order chi connectivity index (χ0) is 21.8. The molecule has 5 atom stereocenters. The second-order valence-corrected chi connectivity index (χ2v) is 8.20. The number of alkyl halides is 3. The molecule has 3 heterocycles. The Morgan fingerprint density at radius 2 is 2.03 bits per heavy atom. The van der Waals surface area contributed by atoms with Crippen molar-refractivity contribution in [1.29, 1.82) is 5.26 Å². The van der Waals surface area contributed by atoms with E-state index in [0.717, 1.165) is 6.07 Å². The van der Waals surface area contributed by atoms with E-state index in [1.54, 1.807) is 24.8 Å². The van der Waals surface area contributed by atoms with Gasteiger partial charge in [-0.25, -0.2) is 4.98 Å². The lowest BCUT2D eigenvalue weighted by molar-refractivity contribution is -0.143. The first kappa shape index (κ1) is 20.7. The summed E-state index contributed by atoms with van der Waals surface area (Å²) in [4.78, 5) is 19.4. The van der Waals surface area contributed by atoms with Gasteiger partial charge in [-0.15, -0.1) is 0 Å². The minimum absolute atomic E-state index is 0.0382. The summed E-state index contributed by atoms with van der Waals surface area (Å²) in [6, 6.07) is 2.18. The predicted molar refractivity (Wildman–Crippen MR) is 101 cm³/mol. The Kier molecular flexibility index (Phi) is 5.04. The summed E-state index contributed by atoms with van der Waals surface area (Å²) in [5.41, 5.74) is -1.53. The monoisotopic (exact) mass is 424 g/mol. The van der Waals surface area contributed by atoms with Crippen molar-refractivity contribution in [3.05, 3.63) is 17.2 Å². The maximum atomic E-state index is 13.7. The molecule has 1 aromatic rings. The van der Waals surface area contributed by atoms with Crippen molar-refractivity contribution < 1.29 is 27.8 Å². The summed E-state index contributed by atoms with van der Waals surface area (Å²) in [5.74, 6) is 0.553. The van der Waals surface area contributed by atoms with Gasteiger partial charge in [0.2, 0.25) is 0 Å². The molecule has 1 unspecified atom stereocenters. The number of hydrogen-bond donors (Lipinski definition) is 1. The van der Waals surface area contributed by atoms with Crippen molar-refractivity contribution in [3.8, 4) is 6.07 Å². The Morgan fingerprint density at radius 1 is 1.37 bits per heavy atom. The van der Waals surface area contributed by atoms with E-state index in [4.69, 9.17) is 4.74 Å². The predicted octanol–water partition coefficient (Wildman–Crippen LogP) is 2.18. The number of esters is 1. The van der Waals surface area contributed by atoms with E-state index in [1.807, 2.05) is 0 Å². The van der Waals surface area contributed by atoms with E-state index in [1.165, 1.54) is 4.90 Å². The van der Waals surface area contributed by atoms with E-state index < -0.39 is 29.4 Å². The Balaban J connectivity index is 1.58. The van der Waals surface area contributed by atoms with Crippen LogP contribution in [-0.4, -0.2) is 54.4 Å². The number of fused-ring (bicyclic) bond motifs is 1. The summed E-state index contributed by atoms with van der Waals surface area (Å²) < 4.78 is 46.0. The number of rotatable bonds is 5. The van der Waals surface area contributed by atoms with E-state index in [9.17, 15) is 28.3 Å². The number of anilines is 2. The number of nitriles is 1. The maximum absolute atomic E-state index is 13.7. The van der Waals surface area contributed by atoms with Crippen molar-refractivity contribution in [1.82, 2.24) is 4.98 Å². The van der Waals surface area contributed by atoms with Gasteiger partial charge in [0.15, 0.2) is 0 Å². The van der Waals surface area contributed by atoms with Gasteiger partial charge in [-0.1, -0.05) is 0 Å². The number of pyridine rings is 1. The van der Waals surface area contributed by atoms with E-state index in [0.29, 0.717) is 26.1 Å². The number of halogens is 3. The fraction of sp³-hybridized carbons (Fsp3) is 0.650. The summed E-state index contributed by atoms with van der Waals surface area (Å²) in [5, 5.41) is 19.2. The van der Waals surface area contributed by atoms with Gasteiger partial charge in [0.05, 0.1) is 24.3 Å². The zero-order valence-electron chi connectivity index (χ0n) is 16.7. The third-order valence-corrected chi connectivity index (χ3v) is 6.51. The summed E-state index contributed by atoms with van der Waals surface area (Å²) >= 11 is 0. The van der Waals surface area contributed by atoms with Crippen LogP contribution in [0.25, 0.3) is 0 Å². The first-order valence-corrected chi connectivity index (χ1v) is 10.0. The van der Waals surface area contributed by atoms with E-state index in [2.05, 4.69) is 4.98 Å². The van der Waals surface area contributed by atoms with Crippen LogP contribution in [0.4, 0.5) is 24.8 Å². The number of hydrogen-bond acceptors (Lipinski definition) is 7. The van der Waals surface area contributed by atoms with Gasteiger partial charge in [0.1, 0.15) is 23.3 Å². The van der Waals surface area contributed by atoms with Crippen LogP contribution in [0.2, 0.25) is 0 Å². The first-order chi connectivity index (χ1) is 14.2. The number of nitrogens with zero attached hydrogens (tertiary/aromatic N) is 4. The SMILES string of the molecule is CCOC(=O)CC1[C@H]2CN(c3cc(C(F)(F)F)c(C#N)c(N4C[C@@H](O)[C@@H]4C)n3)C[C@@H]12. The van der Waals surface area contributed by atoms with Crippen molar-refractivity contribution in [2.45, 2.75) is 38.6 Å². The molecule has 1 N–H and O–H groups in total. The van der Waals surface area contributed by atoms with Crippen LogP contribution >= 0.6 is 0 Å². The van der Waals surface area contributed by atoms with Crippen LogP contribution in [-0.2, 0) is 15.7 Å². The molecule has 0 spiro atoms. The van der Waals surface area contributed by atoms with Gasteiger partial charge in [-0.2, -0.15) is 18.4 Å². The van der Waals surface area contributed by atoms with Gasteiger partial charge in [0, 0.05) is 26.1 Å². The molecule has 0 bridgehead atoms. The highest BCUT2D eigenvalue weighted by Gasteiger charge is 2.56. The highest BCUT2D eigenvalue weighted by Crippen LogP contribution is 2.54. The lowest BCUT2D eigenvalue weighted by atomic mass is 9.99. The fourth-order valence-corrected chi connectivity index (χ4v) is 4.64. The molecule has 0 amide bonds. The van der Waals surface area contributed by atoms with Crippen LogP contribution in [0, 0.1) is 29.1 Å². The van der Waals surface area contributed by atoms with Crippen LogP contribution in [0.15, 0.2) is 6.07 Å². The molecule has 3 fully saturated rings. The Morgan fingerprint density at radius 3 is 2.53 bits per heavy atom. The topological polar surface area (TPSA) is 89.7 Å². The number of carbonyl (C=O) groups is 1. The molecule has 4 rings (SSSR count).